The first-order valence-corrected chi connectivity index (χ1v) is 8.30. The zero-order valence-electron chi connectivity index (χ0n) is 12.3. The summed E-state index contributed by atoms with van der Waals surface area (Å²) < 4.78 is 0. The lowest BCUT2D eigenvalue weighted by Gasteiger charge is -2.18. The molecule has 0 saturated carbocycles. The Labute approximate surface area is 146 Å². The molecule has 1 aliphatic rings. The van der Waals surface area contributed by atoms with E-state index in [0.29, 0.717) is 0 Å². The molecule has 1 aliphatic carbocycles. The van der Waals surface area contributed by atoms with Gasteiger partial charge in [-0.2, -0.15) is 0 Å². The van der Waals surface area contributed by atoms with Crippen LogP contribution in [-0.2, 0) is 0 Å². The van der Waals surface area contributed by atoms with Gasteiger partial charge in [-0.05, 0) is 58.2 Å². The van der Waals surface area contributed by atoms with Crippen molar-refractivity contribution >= 4 is 34.9 Å². The van der Waals surface area contributed by atoms with E-state index in [0.717, 1.165) is 10.0 Å². The standard InChI is InChI=1S/C21H14Cl2/c22-17-9-6-15(7-10-17)21-19(14-4-2-1-3-5-14)12-16-8-11-18(23)13-20(16)21/h1-13,21H. The van der Waals surface area contributed by atoms with Gasteiger partial charge < -0.3 is 0 Å². The molecule has 0 bridgehead atoms. The second-order valence-corrected chi connectivity index (χ2v) is 6.60. The topological polar surface area (TPSA) is 0 Å². The van der Waals surface area contributed by atoms with E-state index in [2.05, 4.69) is 54.6 Å². The van der Waals surface area contributed by atoms with Gasteiger partial charge in [-0.15, -0.1) is 0 Å². The molecule has 0 spiro atoms. The molecule has 1 atom stereocenters. The molecule has 0 radical (unpaired) electrons. The van der Waals surface area contributed by atoms with E-state index in [9.17, 15) is 0 Å². The Kier molecular flexibility index (Phi) is 3.72. The van der Waals surface area contributed by atoms with Crippen LogP contribution in [0.2, 0.25) is 10.0 Å². The molecule has 3 aromatic carbocycles. The molecule has 0 saturated heterocycles. The lowest BCUT2D eigenvalue weighted by atomic mass is 9.85. The summed E-state index contributed by atoms with van der Waals surface area (Å²) in [5, 5.41) is 1.52. The first-order chi connectivity index (χ1) is 11.2. The molecule has 112 valence electrons. The summed E-state index contributed by atoms with van der Waals surface area (Å²) in [7, 11) is 0. The van der Waals surface area contributed by atoms with E-state index in [1.807, 2.05) is 24.3 Å². The highest BCUT2D eigenvalue weighted by atomic mass is 35.5. The second kappa shape index (κ2) is 5.88. The first-order valence-electron chi connectivity index (χ1n) is 7.54. The molecule has 4 rings (SSSR count). The number of halogens is 2. The largest absolute Gasteiger partial charge is 0.0843 e. The van der Waals surface area contributed by atoms with Crippen LogP contribution in [0.1, 0.15) is 28.2 Å². The quantitative estimate of drug-likeness (QED) is 0.489. The summed E-state index contributed by atoms with van der Waals surface area (Å²) >= 11 is 12.3. The summed E-state index contributed by atoms with van der Waals surface area (Å²) in [6.07, 6.45) is 2.26. The highest BCUT2D eigenvalue weighted by Crippen LogP contribution is 2.46. The molecule has 0 nitrogen and oxygen atoms in total. The number of rotatable bonds is 2. The number of allylic oxidation sites excluding steroid dienone is 1. The summed E-state index contributed by atoms with van der Waals surface area (Å²) in [5.41, 5.74) is 6.24. The van der Waals surface area contributed by atoms with Gasteiger partial charge in [0.05, 0.1) is 0 Å². The average molecular weight is 337 g/mol. The van der Waals surface area contributed by atoms with Crippen molar-refractivity contribution in [3.8, 4) is 0 Å². The van der Waals surface area contributed by atoms with E-state index in [4.69, 9.17) is 23.2 Å². The number of fused-ring (bicyclic) bond motifs is 1. The van der Waals surface area contributed by atoms with Crippen molar-refractivity contribution in [2.75, 3.05) is 0 Å². The van der Waals surface area contributed by atoms with Gasteiger partial charge in [0.15, 0.2) is 0 Å². The normalized spacial score (nSPS) is 16.1. The molecule has 0 aromatic heterocycles. The minimum atomic E-state index is 0.184. The maximum Gasteiger partial charge on any atom is 0.0409 e. The highest BCUT2D eigenvalue weighted by molar-refractivity contribution is 6.31. The van der Waals surface area contributed by atoms with Crippen molar-refractivity contribution in [3.63, 3.8) is 0 Å². The van der Waals surface area contributed by atoms with Crippen LogP contribution >= 0.6 is 23.2 Å². The Morgan fingerprint density at radius 1 is 0.696 bits per heavy atom. The molecule has 23 heavy (non-hydrogen) atoms. The maximum atomic E-state index is 6.25. The van der Waals surface area contributed by atoms with Crippen LogP contribution in [0.15, 0.2) is 72.8 Å². The van der Waals surface area contributed by atoms with E-state index in [1.54, 1.807) is 0 Å². The molecule has 0 N–H and O–H groups in total. The first kappa shape index (κ1) is 14.6. The molecule has 0 aliphatic heterocycles. The smallest absolute Gasteiger partial charge is 0.0409 e. The maximum absolute atomic E-state index is 6.25. The van der Waals surface area contributed by atoms with Crippen molar-refractivity contribution in [2.45, 2.75) is 5.92 Å². The monoisotopic (exact) mass is 336 g/mol. The van der Waals surface area contributed by atoms with Crippen LogP contribution in [0.4, 0.5) is 0 Å². The number of benzene rings is 3. The Bertz CT molecular complexity index is 877. The lowest BCUT2D eigenvalue weighted by Crippen LogP contribution is -2.01. The summed E-state index contributed by atoms with van der Waals surface area (Å²) in [6, 6.07) is 24.7. The van der Waals surface area contributed by atoms with Crippen LogP contribution in [-0.4, -0.2) is 0 Å². The predicted octanol–water partition coefficient (Wildman–Crippen LogP) is 6.68. The van der Waals surface area contributed by atoms with Crippen molar-refractivity contribution in [1.82, 2.24) is 0 Å². The summed E-state index contributed by atoms with van der Waals surface area (Å²) in [4.78, 5) is 0. The van der Waals surface area contributed by atoms with E-state index in [-0.39, 0.29) is 5.92 Å². The van der Waals surface area contributed by atoms with Crippen molar-refractivity contribution in [3.05, 3.63) is 105 Å². The third-order valence-electron chi connectivity index (χ3n) is 4.29. The molecule has 0 amide bonds. The van der Waals surface area contributed by atoms with E-state index < -0.39 is 0 Å². The van der Waals surface area contributed by atoms with Gasteiger partial charge >= 0.3 is 0 Å². The minimum Gasteiger partial charge on any atom is -0.0843 e. The van der Waals surface area contributed by atoms with Crippen LogP contribution in [0.3, 0.4) is 0 Å². The van der Waals surface area contributed by atoms with Gasteiger partial charge in [0, 0.05) is 16.0 Å². The van der Waals surface area contributed by atoms with Crippen molar-refractivity contribution in [2.24, 2.45) is 0 Å². The van der Waals surface area contributed by atoms with Crippen molar-refractivity contribution in [1.29, 1.82) is 0 Å². The van der Waals surface area contributed by atoms with Gasteiger partial charge in [0.1, 0.15) is 0 Å². The van der Waals surface area contributed by atoms with Gasteiger partial charge in [-0.1, -0.05) is 71.7 Å². The lowest BCUT2D eigenvalue weighted by molar-refractivity contribution is 1.07. The average Bonchev–Trinajstić information content (AvgIpc) is 2.95. The van der Waals surface area contributed by atoms with Crippen LogP contribution in [0.5, 0.6) is 0 Å². The number of hydrogen-bond donors (Lipinski definition) is 0. The summed E-state index contributed by atoms with van der Waals surface area (Å²) in [6.45, 7) is 0. The Morgan fingerprint density at radius 3 is 2.13 bits per heavy atom. The highest BCUT2D eigenvalue weighted by Gasteiger charge is 2.27. The fourth-order valence-electron chi connectivity index (χ4n) is 3.24. The predicted molar refractivity (Wildman–Crippen MR) is 99.1 cm³/mol. The third kappa shape index (κ3) is 2.69. The Balaban J connectivity index is 1.90. The van der Waals surface area contributed by atoms with E-state index >= 15 is 0 Å². The minimum absolute atomic E-state index is 0.184. The molecule has 0 heterocycles. The molecule has 3 aromatic rings. The number of hydrogen-bond acceptors (Lipinski definition) is 0. The van der Waals surface area contributed by atoms with Gasteiger partial charge in [0.2, 0.25) is 0 Å². The van der Waals surface area contributed by atoms with Crippen LogP contribution in [0.25, 0.3) is 11.6 Å². The molecular weight excluding hydrogens is 323 g/mol. The zero-order valence-corrected chi connectivity index (χ0v) is 13.9. The second-order valence-electron chi connectivity index (χ2n) is 5.72. The Hall–Kier alpha value is -2.02. The van der Waals surface area contributed by atoms with E-state index in [1.165, 1.54) is 27.8 Å². The fraction of sp³-hybridized carbons (Fsp3) is 0.0476. The van der Waals surface area contributed by atoms with Gasteiger partial charge in [-0.25, -0.2) is 0 Å². The zero-order chi connectivity index (χ0) is 15.8. The van der Waals surface area contributed by atoms with Crippen molar-refractivity contribution < 1.29 is 0 Å². The third-order valence-corrected chi connectivity index (χ3v) is 4.78. The summed E-state index contributed by atoms with van der Waals surface area (Å²) in [5.74, 6) is 0.184. The molecular formula is C21H14Cl2. The van der Waals surface area contributed by atoms with Crippen LogP contribution < -0.4 is 0 Å². The fourth-order valence-corrected chi connectivity index (χ4v) is 3.55. The van der Waals surface area contributed by atoms with Gasteiger partial charge in [0.25, 0.3) is 0 Å². The molecule has 0 fully saturated rings. The Morgan fingerprint density at radius 2 is 1.39 bits per heavy atom. The van der Waals surface area contributed by atoms with Gasteiger partial charge in [-0.3, -0.25) is 0 Å². The molecule has 2 heteroatoms. The SMILES string of the molecule is Clc1ccc(C2C(c3ccccc3)=Cc3ccc(Cl)cc32)cc1. The molecule has 1 unspecified atom stereocenters. The van der Waals surface area contributed by atoms with Crippen LogP contribution in [0, 0.1) is 0 Å².